The van der Waals surface area contributed by atoms with Crippen molar-refractivity contribution in [1.29, 1.82) is 0 Å². The molecule has 4 aliphatic rings. The van der Waals surface area contributed by atoms with Crippen LogP contribution in [0, 0.1) is 23.2 Å². The quantitative estimate of drug-likeness (QED) is 0.668. The lowest BCUT2D eigenvalue weighted by Gasteiger charge is -2.55. The summed E-state index contributed by atoms with van der Waals surface area (Å²) in [6.45, 7) is 0.355. The lowest BCUT2D eigenvalue weighted by molar-refractivity contribution is -0.146. The fraction of sp³-hybridized carbons (Fsp3) is 0.500. The van der Waals surface area contributed by atoms with E-state index in [1.807, 2.05) is 18.2 Å². The standard InChI is InChI=1S/C24H28N4O3/c29-21(26-19-3-1-2-18(11-19)20-4-5-22(30)28-27-20)6-7-25-23(31)24-12-15-8-16(13-24)10-17(9-15)14-24/h1-5,11,15-17H,6-10,12-14H2,(H,25,31)(H,26,29)(H,28,30). The molecule has 4 bridgehead atoms. The van der Waals surface area contributed by atoms with Crippen molar-refractivity contribution in [2.24, 2.45) is 23.2 Å². The van der Waals surface area contributed by atoms with E-state index in [0.29, 0.717) is 17.9 Å². The molecular weight excluding hydrogens is 392 g/mol. The van der Waals surface area contributed by atoms with Crippen LogP contribution in [0.3, 0.4) is 0 Å². The maximum Gasteiger partial charge on any atom is 0.264 e. The summed E-state index contributed by atoms with van der Waals surface area (Å²) in [5.74, 6) is 2.20. The fourth-order valence-corrected chi connectivity index (χ4v) is 6.35. The van der Waals surface area contributed by atoms with Crippen LogP contribution in [0.4, 0.5) is 5.69 Å². The van der Waals surface area contributed by atoms with Crippen molar-refractivity contribution >= 4 is 17.5 Å². The van der Waals surface area contributed by atoms with Crippen molar-refractivity contribution in [3.05, 3.63) is 46.8 Å². The molecule has 0 aliphatic heterocycles. The van der Waals surface area contributed by atoms with Crippen LogP contribution in [0.5, 0.6) is 0 Å². The SMILES string of the molecule is O=C(CCNC(=O)C12CC3CC(CC(C3)C1)C2)Nc1cccc(-c2ccc(=O)[nH]n2)c1. The molecule has 0 radical (unpaired) electrons. The van der Waals surface area contributed by atoms with Crippen molar-refractivity contribution in [1.82, 2.24) is 15.5 Å². The monoisotopic (exact) mass is 420 g/mol. The molecule has 0 spiro atoms. The van der Waals surface area contributed by atoms with Crippen molar-refractivity contribution in [2.75, 3.05) is 11.9 Å². The summed E-state index contributed by atoms with van der Waals surface area (Å²) in [6, 6.07) is 10.4. The largest absolute Gasteiger partial charge is 0.355 e. The number of aromatic nitrogens is 2. The summed E-state index contributed by atoms with van der Waals surface area (Å²) in [5, 5.41) is 12.4. The third-order valence-electron chi connectivity index (χ3n) is 7.28. The first-order valence-corrected chi connectivity index (χ1v) is 11.2. The molecule has 2 aromatic rings. The number of nitrogens with one attached hydrogen (secondary N) is 3. The number of benzene rings is 1. The number of rotatable bonds is 6. The van der Waals surface area contributed by atoms with Crippen molar-refractivity contribution in [3.63, 3.8) is 0 Å². The molecular formula is C24H28N4O3. The predicted octanol–water partition coefficient (Wildman–Crippen LogP) is 3.10. The summed E-state index contributed by atoms with van der Waals surface area (Å²) in [6.07, 6.45) is 7.25. The number of carbonyl (C=O) groups is 2. The topological polar surface area (TPSA) is 104 Å². The molecule has 4 fully saturated rings. The first kappa shape index (κ1) is 20.0. The van der Waals surface area contributed by atoms with Gasteiger partial charge in [0.1, 0.15) is 0 Å². The second-order valence-electron chi connectivity index (χ2n) is 9.64. The number of aromatic amines is 1. The van der Waals surface area contributed by atoms with Gasteiger partial charge in [-0.05, 0) is 74.5 Å². The highest BCUT2D eigenvalue weighted by atomic mass is 16.2. The summed E-state index contributed by atoms with van der Waals surface area (Å²) in [7, 11) is 0. The Hall–Kier alpha value is -2.96. The molecule has 1 aromatic heterocycles. The molecule has 2 amide bonds. The van der Waals surface area contributed by atoms with E-state index in [4.69, 9.17) is 0 Å². The summed E-state index contributed by atoms with van der Waals surface area (Å²) >= 11 is 0. The minimum absolute atomic E-state index is 0.141. The molecule has 4 aliphatic carbocycles. The zero-order valence-corrected chi connectivity index (χ0v) is 17.5. The number of hydrogen-bond acceptors (Lipinski definition) is 4. The number of carbonyl (C=O) groups excluding carboxylic acids is 2. The maximum absolute atomic E-state index is 13.0. The van der Waals surface area contributed by atoms with Gasteiger partial charge in [-0.25, -0.2) is 5.10 Å². The summed E-state index contributed by atoms with van der Waals surface area (Å²) in [5.41, 5.74) is 1.64. The molecule has 6 rings (SSSR count). The third-order valence-corrected chi connectivity index (χ3v) is 7.28. The number of amides is 2. The smallest absolute Gasteiger partial charge is 0.264 e. The Kier molecular flexibility index (Phi) is 5.12. The molecule has 0 unspecified atom stereocenters. The normalized spacial score (nSPS) is 28.3. The van der Waals surface area contributed by atoms with Crippen LogP contribution in [0.1, 0.15) is 44.9 Å². The van der Waals surface area contributed by atoms with Gasteiger partial charge in [0, 0.05) is 35.7 Å². The Bertz CT molecular complexity index is 1010. The Morgan fingerprint density at radius 3 is 2.39 bits per heavy atom. The van der Waals surface area contributed by atoms with Crippen LogP contribution in [0.2, 0.25) is 0 Å². The molecule has 0 saturated heterocycles. The minimum atomic E-state index is -0.260. The predicted molar refractivity (Wildman–Crippen MR) is 117 cm³/mol. The molecule has 4 saturated carbocycles. The maximum atomic E-state index is 13.0. The van der Waals surface area contributed by atoms with E-state index in [1.165, 1.54) is 25.3 Å². The van der Waals surface area contributed by atoms with Gasteiger partial charge in [-0.15, -0.1) is 0 Å². The molecule has 31 heavy (non-hydrogen) atoms. The van der Waals surface area contributed by atoms with Crippen LogP contribution < -0.4 is 16.2 Å². The number of anilines is 1. The zero-order chi connectivity index (χ0) is 21.4. The van der Waals surface area contributed by atoms with Gasteiger partial charge in [-0.1, -0.05) is 12.1 Å². The molecule has 0 atom stereocenters. The third kappa shape index (κ3) is 4.13. The van der Waals surface area contributed by atoms with Gasteiger partial charge < -0.3 is 10.6 Å². The Morgan fingerprint density at radius 1 is 1.03 bits per heavy atom. The highest BCUT2D eigenvalue weighted by Gasteiger charge is 2.54. The fourth-order valence-electron chi connectivity index (χ4n) is 6.35. The van der Waals surface area contributed by atoms with E-state index in [2.05, 4.69) is 20.8 Å². The average Bonchev–Trinajstić information content (AvgIpc) is 2.73. The molecule has 7 heteroatoms. The first-order valence-electron chi connectivity index (χ1n) is 11.2. The van der Waals surface area contributed by atoms with Crippen LogP contribution in [0.15, 0.2) is 41.2 Å². The van der Waals surface area contributed by atoms with E-state index >= 15 is 0 Å². The van der Waals surface area contributed by atoms with E-state index in [0.717, 1.165) is 42.6 Å². The lowest BCUT2D eigenvalue weighted by atomic mass is 9.49. The molecule has 7 nitrogen and oxygen atoms in total. The summed E-state index contributed by atoms with van der Waals surface area (Å²) in [4.78, 5) is 36.6. The van der Waals surface area contributed by atoms with Gasteiger partial charge >= 0.3 is 0 Å². The highest BCUT2D eigenvalue weighted by Crippen LogP contribution is 2.60. The first-order chi connectivity index (χ1) is 15.0. The lowest BCUT2D eigenvalue weighted by Crippen LogP contribution is -2.53. The van der Waals surface area contributed by atoms with Crippen LogP contribution in [-0.4, -0.2) is 28.6 Å². The van der Waals surface area contributed by atoms with Crippen molar-refractivity contribution in [2.45, 2.75) is 44.9 Å². The Balaban J connectivity index is 1.14. The molecule has 162 valence electrons. The van der Waals surface area contributed by atoms with E-state index in [9.17, 15) is 14.4 Å². The van der Waals surface area contributed by atoms with Gasteiger partial charge in [-0.2, -0.15) is 5.10 Å². The highest BCUT2D eigenvalue weighted by molar-refractivity contribution is 5.92. The Labute approximate surface area is 181 Å². The van der Waals surface area contributed by atoms with Crippen LogP contribution in [0.25, 0.3) is 11.3 Å². The zero-order valence-electron chi connectivity index (χ0n) is 17.5. The van der Waals surface area contributed by atoms with Gasteiger partial charge in [0.05, 0.1) is 5.69 Å². The van der Waals surface area contributed by atoms with E-state index in [1.54, 1.807) is 12.1 Å². The molecule has 3 N–H and O–H groups in total. The van der Waals surface area contributed by atoms with Gasteiger partial charge in [-0.3, -0.25) is 14.4 Å². The second-order valence-corrected chi connectivity index (χ2v) is 9.64. The van der Waals surface area contributed by atoms with Crippen LogP contribution in [-0.2, 0) is 9.59 Å². The van der Waals surface area contributed by atoms with Gasteiger partial charge in [0.2, 0.25) is 11.8 Å². The van der Waals surface area contributed by atoms with Gasteiger partial charge in [0.15, 0.2) is 0 Å². The minimum Gasteiger partial charge on any atom is -0.355 e. The molecule has 1 heterocycles. The number of hydrogen-bond donors (Lipinski definition) is 3. The Morgan fingerprint density at radius 2 is 1.74 bits per heavy atom. The average molecular weight is 421 g/mol. The number of nitrogens with zero attached hydrogens (tertiary/aromatic N) is 1. The van der Waals surface area contributed by atoms with E-state index < -0.39 is 0 Å². The summed E-state index contributed by atoms with van der Waals surface area (Å²) < 4.78 is 0. The van der Waals surface area contributed by atoms with Crippen LogP contribution >= 0.6 is 0 Å². The molecule has 1 aromatic carbocycles. The van der Waals surface area contributed by atoms with Crippen molar-refractivity contribution in [3.8, 4) is 11.3 Å². The van der Waals surface area contributed by atoms with Gasteiger partial charge in [0.25, 0.3) is 5.56 Å². The number of H-pyrrole nitrogens is 1. The van der Waals surface area contributed by atoms with E-state index in [-0.39, 0.29) is 29.2 Å². The second kappa shape index (κ2) is 7.94. The van der Waals surface area contributed by atoms with Crippen molar-refractivity contribution < 1.29 is 9.59 Å².